The standard InChI is InChI=1S/C20H29N3O3/c1-5-7-13-8-9-16-17-14(11-23(16)19(13)25)15(12-24)18(20(26)21(3)4)22(17)10-6-2/h5,7-9,14-15,17-18,24H,6,10-12H2,1-4H3/b7-5-/t14-,15-,17+,18-/m0/s1. The van der Waals surface area contributed by atoms with E-state index >= 15 is 0 Å². The molecule has 1 aromatic heterocycles. The summed E-state index contributed by atoms with van der Waals surface area (Å²) in [5.41, 5.74) is 1.66. The fourth-order valence-corrected chi connectivity index (χ4v) is 4.69. The van der Waals surface area contributed by atoms with Crippen LogP contribution in [0.4, 0.5) is 0 Å². The zero-order valence-corrected chi connectivity index (χ0v) is 16.1. The molecule has 6 nitrogen and oxygen atoms in total. The van der Waals surface area contributed by atoms with Gasteiger partial charge in [0.1, 0.15) is 0 Å². The minimum Gasteiger partial charge on any atom is -0.396 e. The highest BCUT2D eigenvalue weighted by molar-refractivity contribution is 5.82. The molecule has 0 radical (unpaired) electrons. The molecule has 2 aliphatic heterocycles. The summed E-state index contributed by atoms with van der Waals surface area (Å²) in [6.07, 6.45) is 4.61. The fraction of sp³-hybridized carbons (Fsp3) is 0.600. The molecule has 0 aliphatic carbocycles. The maximum atomic E-state index is 12.8. The van der Waals surface area contributed by atoms with Gasteiger partial charge in [0.15, 0.2) is 0 Å². The van der Waals surface area contributed by atoms with Crippen LogP contribution in [0.25, 0.3) is 6.08 Å². The second-order valence-corrected chi connectivity index (χ2v) is 7.50. The number of fused-ring (bicyclic) bond motifs is 3. The minimum absolute atomic E-state index is 0.00774. The number of amides is 1. The average Bonchev–Trinajstić information content (AvgIpc) is 3.12. The van der Waals surface area contributed by atoms with Crippen LogP contribution in [-0.2, 0) is 11.3 Å². The summed E-state index contributed by atoms with van der Waals surface area (Å²) < 4.78 is 1.84. The van der Waals surface area contributed by atoms with Crippen LogP contribution in [0.1, 0.15) is 37.6 Å². The number of rotatable bonds is 5. The Morgan fingerprint density at radius 1 is 1.38 bits per heavy atom. The number of likely N-dealkylation sites (tertiary alicyclic amines) is 1. The van der Waals surface area contributed by atoms with Gasteiger partial charge in [-0.25, -0.2) is 0 Å². The molecule has 0 bridgehead atoms. The van der Waals surface area contributed by atoms with Gasteiger partial charge in [0.2, 0.25) is 5.91 Å². The first-order chi connectivity index (χ1) is 12.5. The molecule has 1 saturated heterocycles. The van der Waals surface area contributed by atoms with Gasteiger partial charge in [0, 0.05) is 50.3 Å². The number of hydrogen-bond donors (Lipinski definition) is 1. The van der Waals surface area contributed by atoms with E-state index in [-0.39, 0.29) is 42.0 Å². The summed E-state index contributed by atoms with van der Waals surface area (Å²) in [6.45, 7) is 5.28. The smallest absolute Gasteiger partial charge is 0.258 e. The van der Waals surface area contributed by atoms with Crippen molar-refractivity contribution in [2.75, 3.05) is 27.2 Å². The van der Waals surface area contributed by atoms with Gasteiger partial charge in [0.25, 0.3) is 5.56 Å². The number of carbonyl (C=O) groups is 1. The van der Waals surface area contributed by atoms with E-state index in [1.54, 1.807) is 19.0 Å². The Labute approximate surface area is 154 Å². The van der Waals surface area contributed by atoms with Gasteiger partial charge < -0.3 is 14.6 Å². The van der Waals surface area contributed by atoms with Crippen molar-refractivity contribution in [3.05, 3.63) is 39.8 Å². The van der Waals surface area contributed by atoms with Gasteiger partial charge in [0.05, 0.1) is 12.1 Å². The van der Waals surface area contributed by atoms with E-state index in [1.807, 2.05) is 35.8 Å². The summed E-state index contributed by atoms with van der Waals surface area (Å²) >= 11 is 0. The van der Waals surface area contributed by atoms with E-state index in [1.165, 1.54) is 0 Å². The average molecular weight is 359 g/mol. The third-order valence-electron chi connectivity index (χ3n) is 5.74. The van der Waals surface area contributed by atoms with Gasteiger partial charge >= 0.3 is 0 Å². The van der Waals surface area contributed by atoms with Gasteiger partial charge in [-0.2, -0.15) is 0 Å². The van der Waals surface area contributed by atoms with Crippen molar-refractivity contribution in [2.45, 2.75) is 38.9 Å². The summed E-state index contributed by atoms with van der Waals surface area (Å²) in [5, 5.41) is 10.1. The summed E-state index contributed by atoms with van der Waals surface area (Å²) in [6, 6.07) is 3.56. The third kappa shape index (κ3) is 2.81. The second kappa shape index (κ2) is 7.37. The lowest BCUT2D eigenvalue weighted by atomic mass is 9.88. The zero-order chi connectivity index (χ0) is 19.0. The van der Waals surface area contributed by atoms with Crippen LogP contribution >= 0.6 is 0 Å². The van der Waals surface area contributed by atoms with E-state index in [0.717, 1.165) is 18.7 Å². The maximum absolute atomic E-state index is 12.8. The van der Waals surface area contributed by atoms with Crippen molar-refractivity contribution < 1.29 is 9.90 Å². The van der Waals surface area contributed by atoms with Crippen molar-refractivity contribution in [1.29, 1.82) is 0 Å². The van der Waals surface area contributed by atoms with Crippen LogP contribution in [0.3, 0.4) is 0 Å². The highest BCUT2D eigenvalue weighted by atomic mass is 16.3. The molecule has 0 saturated carbocycles. The SMILES string of the molecule is C/C=C\c1ccc2n(c1=O)C[C@H]1[C@H](CO)[C@@H](C(=O)N(C)C)N(CCC)[C@@H]21. The molecule has 26 heavy (non-hydrogen) atoms. The first kappa shape index (κ1) is 18.9. The van der Waals surface area contributed by atoms with Crippen molar-refractivity contribution in [3.8, 4) is 0 Å². The topological polar surface area (TPSA) is 65.8 Å². The molecule has 4 atom stereocenters. The predicted molar refractivity (Wildman–Crippen MR) is 102 cm³/mol. The van der Waals surface area contributed by atoms with Crippen LogP contribution in [0.5, 0.6) is 0 Å². The molecule has 0 spiro atoms. The lowest BCUT2D eigenvalue weighted by molar-refractivity contribution is -0.135. The van der Waals surface area contributed by atoms with E-state index in [4.69, 9.17) is 0 Å². The maximum Gasteiger partial charge on any atom is 0.258 e. The minimum atomic E-state index is -0.330. The van der Waals surface area contributed by atoms with Gasteiger partial charge in [-0.05, 0) is 32.0 Å². The second-order valence-electron chi connectivity index (χ2n) is 7.50. The lowest BCUT2D eigenvalue weighted by Gasteiger charge is -2.32. The molecule has 0 aromatic carbocycles. The van der Waals surface area contributed by atoms with E-state index in [9.17, 15) is 14.7 Å². The highest BCUT2D eigenvalue weighted by Gasteiger charge is 2.55. The molecule has 1 fully saturated rings. The molecule has 3 heterocycles. The van der Waals surface area contributed by atoms with E-state index in [2.05, 4.69) is 11.8 Å². The molecule has 6 heteroatoms. The number of nitrogens with zero attached hydrogens (tertiary/aromatic N) is 3. The molecule has 142 valence electrons. The first-order valence-corrected chi connectivity index (χ1v) is 9.40. The predicted octanol–water partition coefficient (Wildman–Crippen LogP) is 1.34. The van der Waals surface area contributed by atoms with Crippen LogP contribution in [-0.4, -0.2) is 58.7 Å². The molecular weight excluding hydrogens is 330 g/mol. The number of pyridine rings is 1. The van der Waals surface area contributed by atoms with Crippen molar-refractivity contribution in [3.63, 3.8) is 0 Å². The van der Waals surface area contributed by atoms with Gasteiger partial charge in [-0.1, -0.05) is 19.1 Å². The summed E-state index contributed by atoms with van der Waals surface area (Å²) in [5.74, 6) is -0.0498. The van der Waals surface area contributed by atoms with Crippen LogP contribution in [0, 0.1) is 11.8 Å². The third-order valence-corrected chi connectivity index (χ3v) is 5.74. The Hall–Kier alpha value is -1.92. The largest absolute Gasteiger partial charge is 0.396 e. The molecule has 1 aromatic rings. The quantitative estimate of drug-likeness (QED) is 0.862. The number of carbonyl (C=O) groups excluding carboxylic acids is 1. The Morgan fingerprint density at radius 2 is 2.12 bits per heavy atom. The number of aromatic nitrogens is 1. The number of aliphatic hydroxyl groups is 1. The molecule has 1 N–H and O–H groups in total. The molecular formula is C20H29N3O3. The molecule has 1 amide bonds. The Balaban J connectivity index is 2.08. The summed E-state index contributed by atoms with van der Waals surface area (Å²) in [7, 11) is 3.52. The zero-order valence-electron chi connectivity index (χ0n) is 16.1. The van der Waals surface area contributed by atoms with E-state index < -0.39 is 0 Å². The van der Waals surface area contributed by atoms with Crippen molar-refractivity contribution in [1.82, 2.24) is 14.4 Å². The normalized spacial score (nSPS) is 27.7. The van der Waals surface area contributed by atoms with Crippen molar-refractivity contribution >= 4 is 12.0 Å². The number of allylic oxidation sites excluding steroid dienone is 1. The number of likely N-dealkylation sites (N-methyl/N-ethyl adjacent to an activating group) is 1. The van der Waals surface area contributed by atoms with Crippen molar-refractivity contribution in [2.24, 2.45) is 11.8 Å². The monoisotopic (exact) mass is 359 g/mol. The fourth-order valence-electron chi connectivity index (χ4n) is 4.69. The molecule has 2 aliphatic rings. The number of hydrogen-bond acceptors (Lipinski definition) is 4. The summed E-state index contributed by atoms with van der Waals surface area (Å²) in [4.78, 5) is 29.5. The van der Waals surface area contributed by atoms with Crippen LogP contribution < -0.4 is 5.56 Å². The molecule has 3 rings (SSSR count). The number of aliphatic hydroxyl groups excluding tert-OH is 1. The molecule has 0 unspecified atom stereocenters. The lowest BCUT2D eigenvalue weighted by Crippen LogP contribution is -2.48. The Morgan fingerprint density at radius 3 is 2.69 bits per heavy atom. The van der Waals surface area contributed by atoms with Crippen LogP contribution in [0.15, 0.2) is 23.0 Å². The van der Waals surface area contributed by atoms with Gasteiger partial charge in [-0.15, -0.1) is 0 Å². The first-order valence-electron chi connectivity index (χ1n) is 9.40. The Kier molecular flexibility index (Phi) is 5.34. The Bertz CT molecular complexity index is 768. The van der Waals surface area contributed by atoms with E-state index in [0.29, 0.717) is 12.1 Å². The van der Waals surface area contributed by atoms with Gasteiger partial charge in [-0.3, -0.25) is 14.5 Å². The van der Waals surface area contributed by atoms with Crippen LogP contribution in [0.2, 0.25) is 0 Å². The highest BCUT2D eigenvalue weighted by Crippen LogP contribution is 2.49.